The molecule has 1 heterocycles. The molecule has 0 unspecified atom stereocenters. The van der Waals surface area contributed by atoms with E-state index in [1.807, 2.05) is 56.3 Å². The summed E-state index contributed by atoms with van der Waals surface area (Å²) in [6, 6.07) is 13.1. The molecule has 0 saturated carbocycles. The molecular formula is C20H21N3O3. The van der Waals surface area contributed by atoms with Gasteiger partial charge in [0.2, 0.25) is 11.7 Å². The Morgan fingerprint density at radius 2 is 2.00 bits per heavy atom. The summed E-state index contributed by atoms with van der Waals surface area (Å²) in [5.41, 5.74) is 3.73. The van der Waals surface area contributed by atoms with Crippen LogP contribution < -0.4 is 10.1 Å². The number of nitrogens with one attached hydrogen (secondary N) is 1. The minimum atomic E-state index is -0.111. The predicted octanol–water partition coefficient (Wildman–Crippen LogP) is 3.33. The number of hydrogen-bond donors (Lipinski definition) is 1. The molecular weight excluding hydrogens is 330 g/mol. The number of aromatic nitrogens is 2. The van der Waals surface area contributed by atoms with Gasteiger partial charge < -0.3 is 14.6 Å². The zero-order valence-electron chi connectivity index (χ0n) is 15.1. The second-order valence-electron chi connectivity index (χ2n) is 6.05. The second-order valence-corrected chi connectivity index (χ2v) is 6.05. The van der Waals surface area contributed by atoms with Crippen LogP contribution in [0.4, 0.5) is 0 Å². The van der Waals surface area contributed by atoms with Gasteiger partial charge in [-0.2, -0.15) is 4.98 Å². The van der Waals surface area contributed by atoms with Gasteiger partial charge in [0.05, 0.1) is 7.11 Å². The lowest BCUT2D eigenvalue weighted by Gasteiger charge is -2.06. The molecule has 0 saturated heterocycles. The van der Waals surface area contributed by atoms with Crippen molar-refractivity contribution in [2.75, 3.05) is 13.7 Å². The van der Waals surface area contributed by atoms with E-state index in [0.717, 1.165) is 22.4 Å². The van der Waals surface area contributed by atoms with Crippen molar-refractivity contribution < 1.29 is 14.1 Å². The fourth-order valence-electron chi connectivity index (χ4n) is 2.50. The first-order chi connectivity index (χ1) is 12.6. The largest absolute Gasteiger partial charge is 0.497 e. The number of carbonyl (C=O) groups excluding carboxylic acids is 1. The highest BCUT2D eigenvalue weighted by atomic mass is 16.5. The third kappa shape index (κ3) is 4.08. The quantitative estimate of drug-likeness (QED) is 0.737. The molecule has 0 aliphatic carbocycles. The van der Waals surface area contributed by atoms with E-state index in [4.69, 9.17) is 9.26 Å². The molecule has 0 bridgehead atoms. The molecule has 2 aromatic carbocycles. The third-order valence-electron chi connectivity index (χ3n) is 4.19. The van der Waals surface area contributed by atoms with Crippen molar-refractivity contribution in [1.29, 1.82) is 0 Å². The maximum Gasteiger partial charge on any atom is 0.251 e. The monoisotopic (exact) mass is 351 g/mol. The van der Waals surface area contributed by atoms with E-state index in [0.29, 0.717) is 30.2 Å². The van der Waals surface area contributed by atoms with Gasteiger partial charge in [0.15, 0.2) is 0 Å². The first-order valence-corrected chi connectivity index (χ1v) is 8.39. The van der Waals surface area contributed by atoms with Crippen molar-refractivity contribution >= 4 is 5.91 Å². The third-order valence-corrected chi connectivity index (χ3v) is 4.19. The van der Waals surface area contributed by atoms with Crippen molar-refractivity contribution in [3.05, 3.63) is 65.0 Å². The zero-order valence-corrected chi connectivity index (χ0v) is 15.1. The Hall–Kier alpha value is -3.15. The number of amides is 1. The van der Waals surface area contributed by atoms with Crippen LogP contribution in [0.2, 0.25) is 0 Å². The zero-order chi connectivity index (χ0) is 18.5. The van der Waals surface area contributed by atoms with Gasteiger partial charge in [-0.1, -0.05) is 23.4 Å². The van der Waals surface area contributed by atoms with E-state index < -0.39 is 0 Å². The Morgan fingerprint density at radius 3 is 2.77 bits per heavy atom. The summed E-state index contributed by atoms with van der Waals surface area (Å²) >= 11 is 0. The van der Waals surface area contributed by atoms with E-state index in [1.54, 1.807) is 7.11 Å². The molecule has 0 aliphatic rings. The molecule has 3 rings (SSSR count). The fraction of sp³-hybridized carbons (Fsp3) is 0.250. The minimum absolute atomic E-state index is 0.111. The van der Waals surface area contributed by atoms with Crippen LogP contribution in [-0.4, -0.2) is 29.7 Å². The summed E-state index contributed by atoms with van der Waals surface area (Å²) in [5, 5.41) is 6.86. The highest BCUT2D eigenvalue weighted by Gasteiger charge is 2.11. The Bertz CT molecular complexity index is 918. The van der Waals surface area contributed by atoms with Gasteiger partial charge >= 0.3 is 0 Å². The van der Waals surface area contributed by atoms with Gasteiger partial charge in [-0.05, 0) is 49.2 Å². The minimum Gasteiger partial charge on any atom is -0.497 e. The van der Waals surface area contributed by atoms with E-state index in [9.17, 15) is 4.79 Å². The smallest absolute Gasteiger partial charge is 0.251 e. The number of benzene rings is 2. The Balaban J connectivity index is 1.58. The Kier molecular flexibility index (Phi) is 5.31. The summed E-state index contributed by atoms with van der Waals surface area (Å²) in [6.07, 6.45) is 0.466. The molecule has 0 aliphatic heterocycles. The van der Waals surface area contributed by atoms with Crippen LogP contribution in [0, 0.1) is 13.8 Å². The molecule has 1 amide bonds. The van der Waals surface area contributed by atoms with Gasteiger partial charge in [-0.3, -0.25) is 4.79 Å². The van der Waals surface area contributed by atoms with Crippen LogP contribution in [-0.2, 0) is 6.42 Å². The van der Waals surface area contributed by atoms with Gasteiger partial charge in [-0.25, -0.2) is 0 Å². The van der Waals surface area contributed by atoms with Crippen LogP contribution in [0.5, 0.6) is 5.75 Å². The van der Waals surface area contributed by atoms with Crippen molar-refractivity contribution in [1.82, 2.24) is 15.5 Å². The number of aryl methyl sites for hydroxylation is 2. The fourth-order valence-corrected chi connectivity index (χ4v) is 2.50. The van der Waals surface area contributed by atoms with Gasteiger partial charge in [0, 0.05) is 24.1 Å². The van der Waals surface area contributed by atoms with E-state index in [2.05, 4.69) is 15.5 Å². The second kappa shape index (κ2) is 7.82. The highest BCUT2D eigenvalue weighted by Crippen LogP contribution is 2.21. The van der Waals surface area contributed by atoms with Crippen molar-refractivity contribution in [3.8, 4) is 17.1 Å². The molecule has 0 atom stereocenters. The number of carbonyl (C=O) groups is 1. The molecule has 6 heteroatoms. The van der Waals surface area contributed by atoms with Crippen LogP contribution >= 0.6 is 0 Å². The molecule has 0 fully saturated rings. The number of nitrogens with zero attached hydrogens (tertiary/aromatic N) is 2. The standard InChI is InChI=1S/C20H21N3O3/c1-13-7-8-16(11-14(13)2)20(24)21-10-9-18-22-19(23-26-18)15-5-4-6-17(12-15)25-3/h4-8,11-12H,9-10H2,1-3H3,(H,21,24). The number of methoxy groups -OCH3 is 1. The molecule has 3 aromatic rings. The summed E-state index contributed by atoms with van der Waals surface area (Å²) < 4.78 is 10.5. The first-order valence-electron chi connectivity index (χ1n) is 8.39. The van der Waals surface area contributed by atoms with Crippen LogP contribution in [0.3, 0.4) is 0 Å². The average Bonchev–Trinajstić information content (AvgIpc) is 3.13. The molecule has 26 heavy (non-hydrogen) atoms. The number of rotatable bonds is 6. The number of hydrogen-bond acceptors (Lipinski definition) is 5. The Morgan fingerprint density at radius 1 is 1.15 bits per heavy atom. The summed E-state index contributed by atoms with van der Waals surface area (Å²) in [5.74, 6) is 1.60. The summed E-state index contributed by atoms with van der Waals surface area (Å²) in [4.78, 5) is 16.6. The lowest BCUT2D eigenvalue weighted by Crippen LogP contribution is -2.25. The van der Waals surface area contributed by atoms with E-state index in [1.165, 1.54) is 0 Å². The topological polar surface area (TPSA) is 77.3 Å². The van der Waals surface area contributed by atoms with Crippen molar-refractivity contribution in [2.45, 2.75) is 20.3 Å². The van der Waals surface area contributed by atoms with Crippen LogP contribution in [0.1, 0.15) is 27.4 Å². The summed E-state index contributed by atoms with van der Waals surface area (Å²) in [6.45, 7) is 4.43. The normalized spacial score (nSPS) is 10.6. The molecule has 6 nitrogen and oxygen atoms in total. The molecule has 1 N–H and O–H groups in total. The van der Waals surface area contributed by atoms with Crippen LogP contribution in [0.25, 0.3) is 11.4 Å². The summed E-state index contributed by atoms with van der Waals surface area (Å²) in [7, 11) is 1.61. The molecule has 1 aromatic heterocycles. The Labute approximate surface area is 152 Å². The molecule has 0 spiro atoms. The lowest BCUT2D eigenvalue weighted by atomic mass is 10.1. The van der Waals surface area contributed by atoms with Gasteiger partial charge in [0.1, 0.15) is 5.75 Å². The maximum atomic E-state index is 12.2. The lowest BCUT2D eigenvalue weighted by molar-refractivity contribution is 0.0953. The SMILES string of the molecule is COc1cccc(-c2noc(CCNC(=O)c3ccc(C)c(C)c3)n2)c1. The highest BCUT2D eigenvalue weighted by molar-refractivity contribution is 5.94. The first kappa shape index (κ1) is 17.7. The predicted molar refractivity (Wildman–Crippen MR) is 98.2 cm³/mol. The average molecular weight is 351 g/mol. The maximum absolute atomic E-state index is 12.2. The van der Waals surface area contributed by atoms with Crippen molar-refractivity contribution in [3.63, 3.8) is 0 Å². The van der Waals surface area contributed by atoms with Crippen LogP contribution in [0.15, 0.2) is 47.0 Å². The molecule has 0 radical (unpaired) electrons. The van der Waals surface area contributed by atoms with E-state index >= 15 is 0 Å². The van der Waals surface area contributed by atoms with Gasteiger partial charge in [-0.15, -0.1) is 0 Å². The van der Waals surface area contributed by atoms with Gasteiger partial charge in [0.25, 0.3) is 5.91 Å². The number of ether oxygens (including phenoxy) is 1. The van der Waals surface area contributed by atoms with E-state index in [-0.39, 0.29) is 5.91 Å². The molecule has 134 valence electrons. The van der Waals surface area contributed by atoms with Crippen molar-refractivity contribution in [2.24, 2.45) is 0 Å².